The van der Waals surface area contributed by atoms with Crippen LogP contribution < -0.4 is 9.47 Å². The summed E-state index contributed by atoms with van der Waals surface area (Å²) in [5, 5.41) is 10.6. The Balaban J connectivity index is 1.75. The van der Waals surface area contributed by atoms with Crippen LogP contribution in [0.5, 0.6) is 11.5 Å². The second kappa shape index (κ2) is 5.38. The van der Waals surface area contributed by atoms with Crippen molar-refractivity contribution in [3.63, 3.8) is 0 Å². The van der Waals surface area contributed by atoms with Crippen LogP contribution in [0, 0.1) is 17.8 Å². The largest absolute Gasteiger partial charge is 0.454 e. The molecule has 1 atom stereocenters. The third kappa shape index (κ3) is 2.36. The Morgan fingerprint density at radius 2 is 1.95 bits per heavy atom. The number of ether oxygens (including phenoxy) is 2. The highest BCUT2D eigenvalue weighted by atomic mass is 16.7. The van der Waals surface area contributed by atoms with Crippen LogP contribution >= 0.6 is 0 Å². The van der Waals surface area contributed by atoms with Crippen LogP contribution in [-0.4, -0.2) is 18.0 Å². The number of hydrogen-bond donors (Lipinski definition) is 1. The van der Waals surface area contributed by atoms with Crippen LogP contribution in [0.4, 0.5) is 0 Å². The smallest absolute Gasteiger partial charge is 0.231 e. The number of aliphatic hydroxyl groups excluding tert-OH is 1. The van der Waals surface area contributed by atoms with Crippen molar-refractivity contribution in [1.29, 1.82) is 0 Å². The first kappa shape index (κ1) is 13.3. The van der Waals surface area contributed by atoms with Crippen molar-refractivity contribution < 1.29 is 14.6 Å². The molecular weight excluding hydrogens is 252 g/mol. The molecule has 20 heavy (non-hydrogen) atoms. The zero-order valence-electron chi connectivity index (χ0n) is 11.6. The highest BCUT2D eigenvalue weighted by Gasteiger charge is 2.37. The third-order valence-corrected chi connectivity index (χ3v) is 4.54. The summed E-state index contributed by atoms with van der Waals surface area (Å²) in [6.45, 7) is 0.273. The molecule has 1 N–H and O–H groups in total. The average Bonchev–Trinajstić information content (AvgIpc) is 2.95. The molecule has 0 aromatic heterocycles. The summed E-state index contributed by atoms with van der Waals surface area (Å²) in [6, 6.07) is 5.82. The van der Waals surface area contributed by atoms with Crippen molar-refractivity contribution >= 4 is 0 Å². The molecule has 1 saturated carbocycles. The van der Waals surface area contributed by atoms with Crippen molar-refractivity contribution in [1.82, 2.24) is 0 Å². The molecule has 1 aromatic rings. The summed E-state index contributed by atoms with van der Waals surface area (Å²) in [7, 11) is 0. The molecule has 1 aromatic carbocycles. The highest BCUT2D eigenvalue weighted by molar-refractivity contribution is 5.44. The lowest BCUT2D eigenvalue weighted by Crippen LogP contribution is -2.37. The van der Waals surface area contributed by atoms with Gasteiger partial charge in [-0.25, -0.2) is 0 Å². The molecule has 1 fully saturated rings. The van der Waals surface area contributed by atoms with Gasteiger partial charge in [0.1, 0.15) is 0 Å². The van der Waals surface area contributed by atoms with Crippen molar-refractivity contribution in [2.75, 3.05) is 6.79 Å². The fourth-order valence-corrected chi connectivity index (χ4v) is 3.24. The molecule has 1 aliphatic carbocycles. The van der Waals surface area contributed by atoms with Crippen LogP contribution in [-0.2, 0) is 6.42 Å². The summed E-state index contributed by atoms with van der Waals surface area (Å²) in [5.41, 5.74) is 0.691. The second-order valence-corrected chi connectivity index (χ2v) is 5.77. The quantitative estimate of drug-likeness (QED) is 0.860. The van der Waals surface area contributed by atoms with E-state index in [1.165, 1.54) is 6.42 Å². The summed E-state index contributed by atoms with van der Waals surface area (Å²) in [5.74, 6) is 4.41. The predicted octanol–water partition coefficient (Wildman–Crippen LogP) is 2.90. The first-order chi connectivity index (χ1) is 9.73. The Bertz CT molecular complexity index is 524. The van der Waals surface area contributed by atoms with Gasteiger partial charge in [-0.3, -0.25) is 0 Å². The summed E-state index contributed by atoms with van der Waals surface area (Å²) in [4.78, 5) is 0. The standard InChI is InChI=1S/C17H20O3/c1-2-17(8-4-3-5-9-17)16(18)11-13-6-7-14-15(10-13)20-12-19-14/h1,6-7,10,16,18H,3-5,8-9,11-12H2. The number of aliphatic hydroxyl groups is 1. The van der Waals surface area contributed by atoms with E-state index in [1.54, 1.807) is 0 Å². The fourth-order valence-electron chi connectivity index (χ4n) is 3.24. The molecule has 0 saturated heterocycles. The van der Waals surface area contributed by atoms with E-state index in [1.807, 2.05) is 18.2 Å². The summed E-state index contributed by atoms with van der Waals surface area (Å²) < 4.78 is 10.7. The molecule has 1 unspecified atom stereocenters. The zero-order valence-corrected chi connectivity index (χ0v) is 11.6. The summed E-state index contributed by atoms with van der Waals surface area (Å²) >= 11 is 0. The maximum Gasteiger partial charge on any atom is 0.231 e. The van der Waals surface area contributed by atoms with E-state index in [0.29, 0.717) is 6.42 Å². The second-order valence-electron chi connectivity index (χ2n) is 5.77. The number of rotatable bonds is 3. The van der Waals surface area contributed by atoms with E-state index < -0.39 is 6.10 Å². The van der Waals surface area contributed by atoms with Crippen LogP contribution in [0.2, 0.25) is 0 Å². The number of hydrogen-bond acceptors (Lipinski definition) is 3. The molecule has 1 aliphatic heterocycles. The molecule has 1 heterocycles. The van der Waals surface area contributed by atoms with Gasteiger partial charge in [0.2, 0.25) is 6.79 Å². The number of terminal acetylenes is 1. The van der Waals surface area contributed by atoms with Crippen LogP contribution in [0.3, 0.4) is 0 Å². The minimum absolute atomic E-state index is 0.273. The zero-order chi connectivity index (χ0) is 14.0. The number of fused-ring (bicyclic) bond motifs is 1. The number of benzene rings is 1. The molecule has 3 rings (SSSR count). The van der Waals surface area contributed by atoms with E-state index in [0.717, 1.165) is 42.7 Å². The molecule has 0 amide bonds. The first-order valence-corrected chi connectivity index (χ1v) is 7.28. The SMILES string of the molecule is C#CC1(C(O)Cc2ccc3c(c2)OCO3)CCCCC1. The fraction of sp³-hybridized carbons (Fsp3) is 0.529. The van der Waals surface area contributed by atoms with Gasteiger partial charge >= 0.3 is 0 Å². The lowest BCUT2D eigenvalue weighted by atomic mass is 9.69. The van der Waals surface area contributed by atoms with Crippen LogP contribution in [0.1, 0.15) is 37.7 Å². The lowest BCUT2D eigenvalue weighted by Gasteiger charge is -2.36. The van der Waals surface area contributed by atoms with E-state index in [2.05, 4.69) is 5.92 Å². The summed E-state index contributed by atoms with van der Waals surface area (Å²) in [6.07, 6.45) is 11.1. The minimum Gasteiger partial charge on any atom is -0.454 e. The van der Waals surface area contributed by atoms with E-state index >= 15 is 0 Å². The van der Waals surface area contributed by atoms with E-state index in [4.69, 9.17) is 15.9 Å². The van der Waals surface area contributed by atoms with Crippen molar-refractivity contribution in [2.45, 2.75) is 44.6 Å². The topological polar surface area (TPSA) is 38.7 Å². The van der Waals surface area contributed by atoms with Gasteiger partial charge in [0, 0.05) is 0 Å². The Morgan fingerprint density at radius 1 is 1.20 bits per heavy atom. The van der Waals surface area contributed by atoms with Gasteiger partial charge in [0.25, 0.3) is 0 Å². The highest BCUT2D eigenvalue weighted by Crippen LogP contribution is 2.40. The maximum absolute atomic E-state index is 10.6. The molecular formula is C17H20O3. The van der Waals surface area contributed by atoms with Crippen molar-refractivity contribution in [3.05, 3.63) is 23.8 Å². The molecule has 0 bridgehead atoms. The van der Waals surface area contributed by atoms with Gasteiger partial charge in [-0.15, -0.1) is 6.42 Å². The predicted molar refractivity (Wildman–Crippen MR) is 76.6 cm³/mol. The van der Waals surface area contributed by atoms with Gasteiger partial charge in [0.15, 0.2) is 11.5 Å². The normalized spacial score (nSPS) is 21.2. The van der Waals surface area contributed by atoms with Crippen molar-refractivity contribution in [3.8, 4) is 23.8 Å². The monoisotopic (exact) mass is 272 g/mol. The van der Waals surface area contributed by atoms with Crippen LogP contribution in [0.15, 0.2) is 18.2 Å². The maximum atomic E-state index is 10.6. The van der Waals surface area contributed by atoms with Gasteiger partial charge in [-0.1, -0.05) is 31.2 Å². The van der Waals surface area contributed by atoms with E-state index in [-0.39, 0.29) is 12.2 Å². The van der Waals surface area contributed by atoms with E-state index in [9.17, 15) is 5.11 Å². The molecule has 106 valence electrons. The van der Waals surface area contributed by atoms with Gasteiger partial charge in [-0.2, -0.15) is 0 Å². The molecule has 3 nitrogen and oxygen atoms in total. The lowest BCUT2D eigenvalue weighted by molar-refractivity contribution is 0.0391. The third-order valence-electron chi connectivity index (χ3n) is 4.54. The average molecular weight is 272 g/mol. The van der Waals surface area contributed by atoms with Crippen LogP contribution in [0.25, 0.3) is 0 Å². The Hall–Kier alpha value is -1.66. The molecule has 2 aliphatic rings. The Morgan fingerprint density at radius 3 is 2.70 bits per heavy atom. The molecule has 3 heteroatoms. The first-order valence-electron chi connectivity index (χ1n) is 7.28. The van der Waals surface area contributed by atoms with Crippen molar-refractivity contribution in [2.24, 2.45) is 5.41 Å². The Labute approximate surface area is 119 Å². The Kier molecular flexibility index (Phi) is 3.58. The van der Waals surface area contributed by atoms with Gasteiger partial charge < -0.3 is 14.6 Å². The van der Waals surface area contributed by atoms with Gasteiger partial charge in [-0.05, 0) is 37.0 Å². The minimum atomic E-state index is -0.492. The van der Waals surface area contributed by atoms with Gasteiger partial charge in [0.05, 0.1) is 11.5 Å². The molecule has 0 spiro atoms. The molecule has 0 radical (unpaired) electrons.